The number of hydrogen-bond donors (Lipinski definition) is 0. The molecule has 0 amide bonds. The summed E-state index contributed by atoms with van der Waals surface area (Å²) in [6.07, 6.45) is 2.41. The van der Waals surface area contributed by atoms with Gasteiger partial charge < -0.3 is 4.74 Å². The number of carbonyl (C=O) groups is 2. The molecule has 0 spiro atoms. The van der Waals surface area contributed by atoms with E-state index in [1.54, 1.807) is 0 Å². The second kappa shape index (κ2) is 7.52. The van der Waals surface area contributed by atoms with Crippen LogP contribution in [0.2, 0.25) is 10.0 Å². The summed E-state index contributed by atoms with van der Waals surface area (Å²) < 4.78 is 7.51. The molecule has 1 aromatic heterocycles. The SMILES string of the molecule is Cn1nnn(Cc2c(Cl)ccc(C(=O)OC3=CC(=O)C(C)(C)CC3)c2Cl)c1=O. The lowest BCUT2D eigenvalue weighted by Gasteiger charge is -2.26. The van der Waals surface area contributed by atoms with Gasteiger partial charge in [0.15, 0.2) is 5.78 Å². The van der Waals surface area contributed by atoms with Gasteiger partial charge in [0.2, 0.25) is 0 Å². The van der Waals surface area contributed by atoms with Crippen LogP contribution in [0.5, 0.6) is 0 Å². The summed E-state index contributed by atoms with van der Waals surface area (Å²) in [5.74, 6) is -0.494. The summed E-state index contributed by atoms with van der Waals surface area (Å²) in [6.45, 7) is 3.64. The normalized spacial score (nSPS) is 16.0. The van der Waals surface area contributed by atoms with Gasteiger partial charge in [-0.05, 0) is 29.0 Å². The van der Waals surface area contributed by atoms with Gasteiger partial charge in [-0.2, -0.15) is 9.36 Å². The van der Waals surface area contributed by atoms with Crippen LogP contribution in [-0.2, 0) is 23.1 Å². The van der Waals surface area contributed by atoms with Crippen LogP contribution in [0.15, 0.2) is 28.8 Å². The zero-order valence-electron chi connectivity index (χ0n) is 15.5. The molecule has 0 unspecified atom stereocenters. The number of allylic oxidation sites excluding steroid dienone is 2. The molecule has 1 aromatic carbocycles. The van der Waals surface area contributed by atoms with Crippen LogP contribution in [-0.4, -0.2) is 31.5 Å². The van der Waals surface area contributed by atoms with Crippen molar-refractivity contribution < 1.29 is 14.3 Å². The Morgan fingerprint density at radius 2 is 1.96 bits per heavy atom. The predicted molar refractivity (Wildman–Crippen MR) is 102 cm³/mol. The Morgan fingerprint density at radius 1 is 1.25 bits per heavy atom. The maximum Gasteiger partial charge on any atom is 0.363 e. The third-order valence-electron chi connectivity index (χ3n) is 4.67. The van der Waals surface area contributed by atoms with E-state index in [2.05, 4.69) is 10.4 Å². The molecule has 1 aliphatic carbocycles. The maximum absolute atomic E-state index is 12.6. The minimum Gasteiger partial charge on any atom is -0.427 e. The lowest BCUT2D eigenvalue weighted by Crippen LogP contribution is -2.27. The molecule has 1 heterocycles. The minimum atomic E-state index is -0.701. The topological polar surface area (TPSA) is 96.1 Å². The van der Waals surface area contributed by atoms with Crippen molar-refractivity contribution in [3.63, 3.8) is 0 Å². The van der Waals surface area contributed by atoms with E-state index in [0.29, 0.717) is 24.2 Å². The molecular formula is C18H18Cl2N4O4. The zero-order valence-corrected chi connectivity index (χ0v) is 17.0. The average Bonchev–Trinajstić information content (AvgIpc) is 2.94. The molecule has 28 heavy (non-hydrogen) atoms. The summed E-state index contributed by atoms with van der Waals surface area (Å²) in [5, 5.41) is 7.67. The lowest BCUT2D eigenvalue weighted by molar-refractivity contribution is -0.123. The number of halogens is 2. The number of ether oxygens (including phenoxy) is 1. The number of benzene rings is 1. The highest BCUT2D eigenvalue weighted by Crippen LogP contribution is 2.33. The quantitative estimate of drug-likeness (QED) is 0.699. The van der Waals surface area contributed by atoms with Crippen molar-refractivity contribution in [2.75, 3.05) is 0 Å². The van der Waals surface area contributed by atoms with Crippen molar-refractivity contribution >= 4 is 35.0 Å². The Morgan fingerprint density at radius 3 is 2.57 bits per heavy atom. The van der Waals surface area contributed by atoms with E-state index in [0.717, 1.165) is 9.36 Å². The van der Waals surface area contributed by atoms with Gasteiger partial charge in [-0.1, -0.05) is 37.0 Å². The highest BCUT2D eigenvalue weighted by atomic mass is 35.5. The van der Waals surface area contributed by atoms with Gasteiger partial charge in [0, 0.05) is 35.5 Å². The van der Waals surface area contributed by atoms with Crippen molar-refractivity contribution in [2.24, 2.45) is 12.5 Å². The van der Waals surface area contributed by atoms with Gasteiger partial charge >= 0.3 is 11.7 Å². The summed E-state index contributed by atoms with van der Waals surface area (Å²) >= 11 is 12.6. The fourth-order valence-corrected chi connectivity index (χ4v) is 3.30. The van der Waals surface area contributed by atoms with E-state index in [1.165, 1.54) is 25.3 Å². The number of nitrogens with zero attached hydrogens (tertiary/aromatic N) is 4. The van der Waals surface area contributed by atoms with E-state index >= 15 is 0 Å². The first kappa shape index (κ1) is 20.3. The van der Waals surface area contributed by atoms with Crippen molar-refractivity contribution in [3.8, 4) is 0 Å². The molecule has 8 nitrogen and oxygen atoms in total. The number of hydrogen-bond acceptors (Lipinski definition) is 6. The van der Waals surface area contributed by atoms with Crippen LogP contribution in [0.1, 0.15) is 42.6 Å². The highest BCUT2D eigenvalue weighted by molar-refractivity contribution is 6.38. The first-order valence-corrected chi connectivity index (χ1v) is 9.26. The van der Waals surface area contributed by atoms with Crippen LogP contribution in [0.3, 0.4) is 0 Å². The third kappa shape index (κ3) is 3.88. The predicted octanol–water partition coefficient (Wildman–Crippen LogP) is 2.76. The van der Waals surface area contributed by atoms with Crippen molar-refractivity contribution in [1.29, 1.82) is 0 Å². The minimum absolute atomic E-state index is 0.0538. The number of rotatable bonds is 4. The molecule has 0 fully saturated rings. The maximum atomic E-state index is 12.6. The lowest BCUT2D eigenvalue weighted by atomic mass is 9.79. The van der Waals surface area contributed by atoms with Crippen molar-refractivity contribution in [2.45, 2.75) is 33.2 Å². The van der Waals surface area contributed by atoms with E-state index in [9.17, 15) is 14.4 Å². The monoisotopic (exact) mass is 424 g/mol. The van der Waals surface area contributed by atoms with Crippen molar-refractivity contribution in [1.82, 2.24) is 19.8 Å². The van der Waals surface area contributed by atoms with Crippen LogP contribution in [0.25, 0.3) is 0 Å². The Labute approximate surface area is 170 Å². The first-order chi connectivity index (χ1) is 13.1. The second-order valence-corrected chi connectivity index (χ2v) is 7.96. The highest BCUT2D eigenvalue weighted by Gasteiger charge is 2.31. The van der Waals surface area contributed by atoms with Crippen LogP contribution < -0.4 is 5.69 Å². The number of ketones is 1. The molecular weight excluding hydrogens is 407 g/mol. The Balaban J connectivity index is 1.87. The summed E-state index contributed by atoms with van der Waals surface area (Å²) in [5.41, 5.74) is -0.495. The number of esters is 1. The van der Waals surface area contributed by atoms with Gasteiger partial charge in [-0.25, -0.2) is 9.59 Å². The molecule has 0 atom stereocenters. The molecule has 0 radical (unpaired) electrons. The van der Waals surface area contributed by atoms with Gasteiger partial charge in [-0.3, -0.25) is 4.79 Å². The van der Waals surface area contributed by atoms with E-state index in [1.807, 2.05) is 13.8 Å². The average molecular weight is 425 g/mol. The number of aryl methyl sites for hydroxylation is 1. The summed E-state index contributed by atoms with van der Waals surface area (Å²) in [7, 11) is 1.46. The Kier molecular flexibility index (Phi) is 5.45. The van der Waals surface area contributed by atoms with Crippen molar-refractivity contribution in [3.05, 3.63) is 55.6 Å². The van der Waals surface area contributed by atoms with Crippen LogP contribution >= 0.6 is 23.2 Å². The molecule has 1 aliphatic rings. The summed E-state index contributed by atoms with van der Waals surface area (Å²) in [6, 6.07) is 2.93. The van der Waals surface area contributed by atoms with E-state index in [-0.39, 0.29) is 27.9 Å². The smallest absolute Gasteiger partial charge is 0.363 e. The molecule has 0 bridgehead atoms. The van der Waals surface area contributed by atoms with Gasteiger partial charge in [0.1, 0.15) is 5.76 Å². The molecule has 0 N–H and O–H groups in total. The second-order valence-electron chi connectivity index (χ2n) is 7.18. The number of carbonyl (C=O) groups excluding carboxylic acids is 2. The molecule has 10 heteroatoms. The molecule has 3 rings (SSSR count). The molecule has 2 aromatic rings. The fourth-order valence-electron chi connectivity index (χ4n) is 2.73. The van der Waals surface area contributed by atoms with E-state index < -0.39 is 17.1 Å². The fraction of sp³-hybridized carbons (Fsp3) is 0.389. The standard InChI is InChI=1S/C18H18Cl2N4O4/c1-18(2)7-6-10(8-14(18)25)28-16(26)11-4-5-13(19)12(15(11)20)9-24-17(27)23(3)21-22-24/h4-5,8H,6-7,9H2,1-3H3. The van der Waals surface area contributed by atoms with Gasteiger partial charge in [0.05, 0.1) is 17.1 Å². The van der Waals surface area contributed by atoms with Gasteiger partial charge in [0.25, 0.3) is 0 Å². The Hall–Kier alpha value is -2.45. The number of tetrazole rings is 1. The molecule has 0 saturated carbocycles. The number of aromatic nitrogens is 4. The summed E-state index contributed by atoms with van der Waals surface area (Å²) in [4.78, 5) is 36.6. The van der Waals surface area contributed by atoms with Gasteiger partial charge in [-0.15, -0.1) is 0 Å². The molecule has 148 valence electrons. The molecule has 0 aliphatic heterocycles. The Bertz CT molecular complexity index is 1050. The van der Waals surface area contributed by atoms with E-state index in [4.69, 9.17) is 27.9 Å². The van der Waals surface area contributed by atoms with Crippen LogP contribution in [0.4, 0.5) is 0 Å². The third-order valence-corrected chi connectivity index (χ3v) is 5.46. The largest absolute Gasteiger partial charge is 0.427 e. The molecule has 0 saturated heterocycles. The van der Waals surface area contributed by atoms with Crippen LogP contribution in [0, 0.1) is 5.41 Å². The first-order valence-electron chi connectivity index (χ1n) is 8.51. The zero-order chi connectivity index (χ0) is 20.6.